The number of aromatic nitrogens is 4. The van der Waals surface area contributed by atoms with Crippen molar-refractivity contribution in [2.24, 2.45) is 17.8 Å². The van der Waals surface area contributed by atoms with E-state index in [-0.39, 0.29) is 24.5 Å². The number of imidazole rings is 1. The van der Waals surface area contributed by atoms with Gasteiger partial charge in [-0.3, -0.25) is 19.0 Å². The molecule has 2 aliphatic heterocycles. The topological polar surface area (TPSA) is 153 Å². The van der Waals surface area contributed by atoms with Crippen LogP contribution >= 0.6 is 0 Å². The number of fused-ring (bicyclic) bond motifs is 1. The Kier molecular flexibility index (Phi) is 9.03. The molecule has 0 radical (unpaired) electrons. The maximum Gasteiger partial charge on any atom is 0.309 e. The van der Waals surface area contributed by atoms with Crippen LogP contribution in [0.3, 0.4) is 0 Å². The van der Waals surface area contributed by atoms with Crippen molar-refractivity contribution in [3.8, 4) is 0 Å². The van der Waals surface area contributed by atoms with Gasteiger partial charge in [-0.25, -0.2) is 15.0 Å². The number of hydrogen-bond acceptors (Lipinski definition) is 12. The van der Waals surface area contributed by atoms with Gasteiger partial charge in [-0.1, -0.05) is 40.5 Å². The highest BCUT2D eigenvalue weighted by atomic mass is 16.7. The SMILES string of the molecule is CC(C)C(=O)O[C@@H]1[C@@H](COC(=O)C2CCCC2)OC(n2cnc3c(N[C@@H]4CCOC4)ncnc32)[C@@H]1OC(=O)C(C)C. The van der Waals surface area contributed by atoms with Crippen molar-refractivity contribution in [3.63, 3.8) is 0 Å². The van der Waals surface area contributed by atoms with Gasteiger partial charge in [0.05, 0.1) is 36.7 Å². The molecule has 0 amide bonds. The molecule has 2 aromatic heterocycles. The van der Waals surface area contributed by atoms with E-state index in [4.69, 9.17) is 23.7 Å². The lowest BCUT2D eigenvalue weighted by Gasteiger charge is -2.26. The normalized spacial score (nSPS) is 26.6. The predicted octanol–water partition coefficient (Wildman–Crippen LogP) is 2.79. The molecule has 41 heavy (non-hydrogen) atoms. The fraction of sp³-hybridized carbons (Fsp3) is 0.714. The van der Waals surface area contributed by atoms with E-state index in [2.05, 4.69) is 20.3 Å². The number of carbonyl (C=O) groups is 3. The molecule has 1 saturated carbocycles. The van der Waals surface area contributed by atoms with E-state index in [0.717, 1.165) is 32.1 Å². The van der Waals surface area contributed by atoms with Crippen molar-refractivity contribution in [2.75, 3.05) is 25.1 Å². The van der Waals surface area contributed by atoms with Crippen molar-refractivity contribution in [3.05, 3.63) is 12.7 Å². The fourth-order valence-electron chi connectivity index (χ4n) is 5.30. The molecule has 1 aliphatic carbocycles. The van der Waals surface area contributed by atoms with Crippen LogP contribution in [0.4, 0.5) is 5.82 Å². The number of anilines is 1. The van der Waals surface area contributed by atoms with Gasteiger partial charge >= 0.3 is 17.9 Å². The Morgan fingerprint density at radius 3 is 2.37 bits per heavy atom. The summed E-state index contributed by atoms with van der Waals surface area (Å²) in [6, 6.07) is 0.0967. The standard InChI is InChI=1S/C28H39N5O8/c1-15(2)26(34)40-21-19(12-38-28(36)17-7-5-6-8-17)39-25(22(21)41-27(35)16(3)4)33-14-31-20-23(29-13-30-24(20)33)32-18-9-10-37-11-18/h13-19,21-22,25H,5-12H2,1-4H3,(H,29,30,32)/t18-,19-,21-,22-,25?/m1/s1. The second-order valence-corrected chi connectivity index (χ2v) is 11.5. The van der Waals surface area contributed by atoms with Crippen molar-refractivity contribution in [1.29, 1.82) is 0 Å². The molecule has 1 N–H and O–H groups in total. The highest BCUT2D eigenvalue weighted by molar-refractivity contribution is 5.83. The summed E-state index contributed by atoms with van der Waals surface area (Å²) >= 11 is 0. The lowest BCUT2D eigenvalue weighted by molar-refractivity contribution is -0.173. The molecule has 4 heterocycles. The summed E-state index contributed by atoms with van der Waals surface area (Å²) in [6.07, 6.45) is 3.44. The molecule has 224 valence electrons. The third-order valence-corrected chi connectivity index (χ3v) is 7.71. The molecule has 5 rings (SSSR count). The van der Waals surface area contributed by atoms with E-state index in [0.29, 0.717) is 30.2 Å². The van der Waals surface area contributed by atoms with Gasteiger partial charge < -0.3 is 29.0 Å². The first-order valence-electron chi connectivity index (χ1n) is 14.5. The van der Waals surface area contributed by atoms with Crippen molar-refractivity contribution in [2.45, 2.75) is 90.4 Å². The first-order chi connectivity index (χ1) is 19.7. The van der Waals surface area contributed by atoms with Crippen LogP contribution in [0.2, 0.25) is 0 Å². The van der Waals surface area contributed by atoms with Gasteiger partial charge in [-0.05, 0) is 19.3 Å². The minimum atomic E-state index is -1.05. The molecule has 2 aromatic rings. The van der Waals surface area contributed by atoms with Gasteiger partial charge in [0.1, 0.15) is 19.0 Å². The van der Waals surface area contributed by atoms with Gasteiger partial charge in [0.15, 0.2) is 35.4 Å². The van der Waals surface area contributed by atoms with Crippen LogP contribution in [0, 0.1) is 17.8 Å². The zero-order chi connectivity index (χ0) is 29.1. The van der Waals surface area contributed by atoms with Crippen LogP contribution in [-0.2, 0) is 38.1 Å². The highest BCUT2D eigenvalue weighted by Gasteiger charge is 2.52. The van der Waals surface area contributed by atoms with Crippen LogP contribution < -0.4 is 5.32 Å². The summed E-state index contributed by atoms with van der Waals surface area (Å²) in [6.45, 7) is 7.93. The third kappa shape index (κ3) is 6.45. The number of nitrogens with one attached hydrogen (secondary N) is 1. The zero-order valence-electron chi connectivity index (χ0n) is 24.0. The Labute approximate surface area is 238 Å². The quantitative estimate of drug-likeness (QED) is 0.328. The van der Waals surface area contributed by atoms with E-state index in [9.17, 15) is 14.4 Å². The number of esters is 3. The summed E-state index contributed by atoms with van der Waals surface area (Å²) in [4.78, 5) is 51.7. The Balaban J connectivity index is 1.46. The van der Waals surface area contributed by atoms with Gasteiger partial charge in [-0.2, -0.15) is 0 Å². The van der Waals surface area contributed by atoms with Gasteiger partial charge in [0.2, 0.25) is 0 Å². The van der Waals surface area contributed by atoms with Gasteiger partial charge in [0.25, 0.3) is 0 Å². The largest absolute Gasteiger partial charge is 0.463 e. The number of carbonyl (C=O) groups excluding carboxylic acids is 3. The molecule has 2 saturated heterocycles. The predicted molar refractivity (Wildman–Crippen MR) is 144 cm³/mol. The van der Waals surface area contributed by atoms with Crippen molar-refractivity contribution in [1.82, 2.24) is 19.5 Å². The zero-order valence-corrected chi connectivity index (χ0v) is 24.0. The molecular weight excluding hydrogens is 534 g/mol. The van der Waals surface area contributed by atoms with Crippen LogP contribution in [0.1, 0.15) is 66.0 Å². The fourth-order valence-corrected chi connectivity index (χ4v) is 5.30. The average Bonchev–Trinajstić information content (AvgIpc) is 3.75. The number of ether oxygens (including phenoxy) is 5. The summed E-state index contributed by atoms with van der Waals surface area (Å²) in [5, 5.41) is 3.36. The van der Waals surface area contributed by atoms with Crippen LogP contribution in [0.15, 0.2) is 12.7 Å². The molecule has 3 fully saturated rings. The van der Waals surface area contributed by atoms with E-state index in [1.165, 1.54) is 12.7 Å². The smallest absolute Gasteiger partial charge is 0.309 e. The van der Waals surface area contributed by atoms with Crippen LogP contribution in [0.5, 0.6) is 0 Å². The molecule has 1 unspecified atom stereocenters. The van der Waals surface area contributed by atoms with E-state index < -0.39 is 48.3 Å². The monoisotopic (exact) mass is 573 g/mol. The molecule has 5 atom stereocenters. The summed E-state index contributed by atoms with van der Waals surface area (Å²) in [5.41, 5.74) is 0.943. The number of rotatable bonds is 10. The van der Waals surface area contributed by atoms with E-state index >= 15 is 0 Å². The molecule has 13 nitrogen and oxygen atoms in total. The van der Waals surface area contributed by atoms with Crippen LogP contribution in [0.25, 0.3) is 11.2 Å². The summed E-state index contributed by atoms with van der Waals surface area (Å²) in [7, 11) is 0. The maximum atomic E-state index is 12.9. The van der Waals surface area contributed by atoms with E-state index in [1.54, 1.807) is 32.3 Å². The number of nitrogens with zero attached hydrogens (tertiary/aromatic N) is 4. The first kappa shape index (κ1) is 29.2. The van der Waals surface area contributed by atoms with Gasteiger partial charge in [0, 0.05) is 6.61 Å². The first-order valence-corrected chi connectivity index (χ1v) is 14.5. The minimum absolute atomic E-state index is 0.0967. The molecule has 0 bridgehead atoms. The summed E-state index contributed by atoms with van der Waals surface area (Å²) < 4.78 is 30.9. The second-order valence-electron chi connectivity index (χ2n) is 11.5. The molecule has 0 aromatic carbocycles. The maximum absolute atomic E-state index is 12.9. The number of hydrogen-bond donors (Lipinski definition) is 1. The highest BCUT2D eigenvalue weighted by Crippen LogP contribution is 2.37. The second kappa shape index (κ2) is 12.7. The molecule has 13 heteroatoms. The minimum Gasteiger partial charge on any atom is -0.463 e. The van der Waals surface area contributed by atoms with Gasteiger partial charge in [-0.15, -0.1) is 0 Å². The lowest BCUT2D eigenvalue weighted by Crippen LogP contribution is -2.42. The van der Waals surface area contributed by atoms with Crippen molar-refractivity contribution < 1.29 is 38.1 Å². The van der Waals surface area contributed by atoms with E-state index in [1.807, 2.05) is 0 Å². The molecule has 0 spiro atoms. The average molecular weight is 574 g/mol. The Morgan fingerprint density at radius 2 is 1.71 bits per heavy atom. The Bertz CT molecular complexity index is 1240. The van der Waals surface area contributed by atoms with Crippen LogP contribution in [-0.4, -0.2) is 81.6 Å². The summed E-state index contributed by atoms with van der Waals surface area (Å²) in [5.74, 6) is -1.76. The van der Waals surface area contributed by atoms with Crippen molar-refractivity contribution >= 4 is 34.9 Å². The Morgan fingerprint density at radius 1 is 1.00 bits per heavy atom. The third-order valence-electron chi connectivity index (χ3n) is 7.71. The molecule has 3 aliphatic rings. The molecular formula is C28H39N5O8. The Hall–Kier alpha value is -3.32. The lowest BCUT2D eigenvalue weighted by atomic mass is 10.1.